The second-order valence-electron chi connectivity index (χ2n) is 3.03. The number of hydrogen-bond donors (Lipinski definition) is 0. The second-order valence-corrected chi connectivity index (χ2v) is 3.98. The van der Waals surface area contributed by atoms with Crippen molar-refractivity contribution in [1.82, 2.24) is 0 Å². The number of carbonyl (C=O) groups is 2. The average molecular weight is 208 g/mol. The van der Waals surface area contributed by atoms with Crippen molar-refractivity contribution in [1.29, 1.82) is 0 Å². The Kier molecular flexibility index (Phi) is 3.77. The maximum absolute atomic E-state index is 11.8. The average Bonchev–Trinajstić information content (AvgIpc) is 2.65. The van der Waals surface area contributed by atoms with Gasteiger partial charge >= 0.3 is 0 Å². The van der Waals surface area contributed by atoms with Crippen LogP contribution < -0.4 is 0 Å². The molecule has 0 aliphatic carbocycles. The van der Waals surface area contributed by atoms with Crippen molar-refractivity contribution in [2.24, 2.45) is 5.92 Å². The highest BCUT2D eigenvalue weighted by atomic mass is 32.1. The van der Waals surface area contributed by atoms with Gasteiger partial charge in [-0.3, -0.25) is 9.59 Å². The number of carbonyl (C=O) groups excluding carboxylic acids is 2. The first-order valence-corrected chi connectivity index (χ1v) is 5.24. The minimum atomic E-state index is -0.550. The largest absolute Gasteiger partial charge is 0.299 e. The summed E-state index contributed by atoms with van der Waals surface area (Å²) in [5.41, 5.74) is 0. The molecule has 0 N–H and O–H groups in total. The van der Waals surface area contributed by atoms with Gasteiger partial charge in [0.15, 0.2) is 5.78 Å². The molecule has 14 heavy (non-hydrogen) atoms. The molecule has 2 nitrogen and oxygen atoms in total. The zero-order valence-electron chi connectivity index (χ0n) is 8.03. The van der Waals surface area contributed by atoms with E-state index in [-0.39, 0.29) is 11.6 Å². The summed E-state index contributed by atoms with van der Waals surface area (Å²) in [6, 6.07) is 3.55. The van der Waals surface area contributed by atoms with E-state index in [0.717, 1.165) is 0 Å². The van der Waals surface area contributed by atoms with Crippen LogP contribution in [-0.4, -0.2) is 11.6 Å². The normalized spacial score (nSPS) is 12.1. The van der Waals surface area contributed by atoms with Gasteiger partial charge in [-0.1, -0.05) is 12.1 Å². The van der Waals surface area contributed by atoms with Gasteiger partial charge < -0.3 is 0 Å². The van der Waals surface area contributed by atoms with Gasteiger partial charge in [0.25, 0.3) is 0 Å². The number of thiophene rings is 1. The van der Waals surface area contributed by atoms with E-state index in [1.807, 2.05) is 11.4 Å². The summed E-state index contributed by atoms with van der Waals surface area (Å²) >= 11 is 1.37. The molecule has 1 rings (SSSR count). The molecule has 1 aromatic rings. The quantitative estimate of drug-likeness (QED) is 0.423. The standard InChI is InChI=1S/C11H12O2S/c1-3-5-9(8(2)12)11(13)10-6-4-7-14-10/h3-4,6-7,9H,1,5H2,2H3. The summed E-state index contributed by atoms with van der Waals surface area (Å²) < 4.78 is 0. The molecule has 0 fully saturated rings. The van der Waals surface area contributed by atoms with Gasteiger partial charge in [-0.25, -0.2) is 0 Å². The fourth-order valence-electron chi connectivity index (χ4n) is 1.21. The lowest BCUT2D eigenvalue weighted by Gasteiger charge is -2.07. The van der Waals surface area contributed by atoms with Crippen molar-refractivity contribution in [3.05, 3.63) is 35.0 Å². The van der Waals surface area contributed by atoms with Crippen molar-refractivity contribution >= 4 is 22.9 Å². The molecule has 1 unspecified atom stereocenters. The SMILES string of the molecule is C=CCC(C(C)=O)C(=O)c1cccs1. The molecule has 0 saturated heterocycles. The molecule has 0 amide bonds. The van der Waals surface area contributed by atoms with E-state index >= 15 is 0 Å². The minimum Gasteiger partial charge on any atom is -0.299 e. The fourth-order valence-corrected chi connectivity index (χ4v) is 1.93. The van der Waals surface area contributed by atoms with Crippen molar-refractivity contribution < 1.29 is 9.59 Å². The van der Waals surface area contributed by atoms with Crippen LogP contribution in [0, 0.1) is 5.92 Å². The molecule has 1 atom stereocenters. The Morgan fingerprint density at radius 2 is 2.36 bits per heavy atom. The molecular formula is C11H12O2S. The number of hydrogen-bond acceptors (Lipinski definition) is 3. The Balaban J connectivity index is 2.84. The summed E-state index contributed by atoms with van der Waals surface area (Å²) in [7, 11) is 0. The third-order valence-corrected chi connectivity index (χ3v) is 2.86. The Labute approximate surface area is 87.3 Å². The fraction of sp³-hybridized carbons (Fsp3) is 0.273. The molecular weight excluding hydrogens is 196 g/mol. The van der Waals surface area contributed by atoms with Crippen molar-refractivity contribution in [2.45, 2.75) is 13.3 Å². The van der Waals surface area contributed by atoms with Gasteiger partial charge in [-0.05, 0) is 24.8 Å². The number of Topliss-reactive ketones (excluding diaryl/α,β-unsaturated/α-hetero) is 2. The molecule has 74 valence electrons. The third-order valence-electron chi connectivity index (χ3n) is 1.97. The molecule has 0 radical (unpaired) electrons. The highest BCUT2D eigenvalue weighted by Crippen LogP contribution is 2.18. The number of rotatable bonds is 5. The van der Waals surface area contributed by atoms with Crippen LogP contribution in [0.5, 0.6) is 0 Å². The molecule has 0 aliphatic heterocycles. The lowest BCUT2D eigenvalue weighted by atomic mass is 9.95. The van der Waals surface area contributed by atoms with E-state index in [1.165, 1.54) is 18.3 Å². The van der Waals surface area contributed by atoms with Gasteiger partial charge in [-0.2, -0.15) is 0 Å². The van der Waals surface area contributed by atoms with E-state index in [2.05, 4.69) is 6.58 Å². The summed E-state index contributed by atoms with van der Waals surface area (Å²) in [6.45, 7) is 4.99. The van der Waals surface area contributed by atoms with Gasteiger partial charge in [0.1, 0.15) is 5.78 Å². The lowest BCUT2D eigenvalue weighted by molar-refractivity contribution is -0.119. The molecule has 1 heterocycles. The predicted molar refractivity (Wildman–Crippen MR) is 57.6 cm³/mol. The van der Waals surface area contributed by atoms with Gasteiger partial charge in [0.2, 0.25) is 0 Å². The predicted octanol–water partition coefficient (Wildman–Crippen LogP) is 2.71. The van der Waals surface area contributed by atoms with Crippen molar-refractivity contribution in [3.63, 3.8) is 0 Å². The van der Waals surface area contributed by atoms with Crippen molar-refractivity contribution in [3.8, 4) is 0 Å². The highest BCUT2D eigenvalue weighted by Gasteiger charge is 2.23. The molecule has 0 bridgehead atoms. The first-order valence-electron chi connectivity index (χ1n) is 4.36. The Bertz CT molecular complexity index is 338. The molecule has 0 saturated carbocycles. The Morgan fingerprint density at radius 3 is 2.79 bits per heavy atom. The molecule has 3 heteroatoms. The first kappa shape index (κ1) is 10.9. The van der Waals surface area contributed by atoms with Gasteiger partial charge in [-0.15, -0.1) is 17.9 Å². The van der Waals surface area contributed by atoms with E-state index in [1.54, 1.807) is 12.1 Å². The van der Waals surface area contributed by atoms with Gasteiger partial charge in [0.05, 0.1) is 10.8 Å². The van der Waals surface area contributed by atoms with Crippen LogP contribution >= 0.6 is 11.3 Å². The molecule has 0 aromatic carbocycles. The number of allylic oxidation sites excluding steroid dienone is 1. The molecule has 1 aromatic heterocycles. The zero-order valence-corrected chi connectivity index (χ0v) is 8.84. The van der Waals surface area contributed by atoms with E-state index in [0.29, 0.717) is 11.3 Å². The minimum absolute atomic E-state index is 0.0904. The highest BCUT2D eigenvalue weighted by molar-refractivity contribution is 7.12. The molecule has 0 aliphatic rings. The summed E-state index contributed by atoms with van der Waals surface area (Å²) in [4.78, 5) is 23.6. The summed E-state index contributed by atoms with van der Waals surface area (Å²) in [5, 5.41) is 1.83. The third kappa shape index (κ3) is 2.39. The van der Waals surface area contributed by atoms with E-state index in [4.69, 9.17) is 0 Å². The Hall–Kier alpha value is -1.22. The van der Waals surface area contributed by atoms with E-state index in [9.17, 15) is 9.59 Å². The number of ketones is 2. The van der Waals surface area contributed by atoms with Crippen LogP contribution in [0.1, 0.15) is 23.0 Å². The summed E-state index contributed by atoms with van der Waals surface area (Å²) in [6.07, 6.45) is 2.03. The monoisotopic (exact) mass is 208 g/mol. The van der Waals surface area contributed by atoms with E-state index < -0.39 is 5.92 Å². The maximum atomic E-state index is 11.8. The molecule has 0 spiro atoms. The summed E-state index contributed by atoms with van der Waals surface area (Å²) in [5.74, 6) is -0.734. The smallest absolute Gasteiger partial charge is 0.183 e. The second kappa shape index (κ2) is 4.86. The topological polar surface area (TPSA) is 34.1 Å². The van der Waals surface area contributed by atoms with Crippen LogP contribution in [0.15, 0.2) is 30.2 Å². The van der Waals surface area contributed by atoms with Crippen LogP contribution in [0.3, 0.4) is 0 Å². The zero-order chi connectivity index (χ0) is 10.6. The van der Waals surface area contributed by atoms with Gasteiger partial charge in [0, 0.05) is 0 Å². The van der Waals surface area contributed by atoms with Crippen molar-refractivity contribution in [2.75, 3.05) is 0 Å². The lowest BCUT2D eigenvalue weighted by Crippen LogP contribution is -2.20. The Morgan fingerprint density at radius 1 is 1.64 bits per heavy atom. The van der Waals surface area contributed by atoms with Crippen LogP contribution in [0.4, 0.5) is 0 Å². The van der Waals surface area contributed by atoms with Crippen LogP contribution in [0.2, 0.25) is 0 Å². The maximum Gasteiger partial charge on any atom is 0.183 e. The van der Waals surface area contributed by atoms with Crippen LogP contribution in [-0.2, 0) is 4.79 Å². The van der Waals surface area contributed by atoms with Crippen LogP contribution in [0.25, 0.3) is 0 Å². The first-order chi connectivity index (χ1) is 6.66.